The van der Waals surface area contributed by atoms with Gasteiger partial charge < -0.3 is 4.74 Å². The van der Waals surface area contributed by atoms with E-state index in [4.69, 9.17) is 27.9 Å². The van der Waals surface area contributed by atoms with Crippen LogP contribution in [0, 0.1) is 0 Å². The van der Waals surface area contributed by atoms with Crippen molar-refractivity contribution in [3.05, 3.63) is 21.7 Å². The Morgan fingerprint density at radius 1 is 1.08 bits per heavy atom. The molecule has 0 amide bonds. The van der Waals surface area contributed by atoms with Gasteiger partial charge >= 0.3 is 0 Å². The van der Waals surface area contributed by atoms with Crippen molar-refractivity contribution in [3.63, 3.8) is 0 Å². The zero-order valence-corrected chi connectivity index (χ0v) is 8.40. The number of hydrogen-bond donors (Lipinski definition) is 0. The van der Waals surface area contributed by atoms with Crippen molar-refractivity contribution in [2.75, 3.05) is 13.2 Å². The van der Waals surface area contributed by atoms with Crippen LogP contribution in [-0.4, -0.2) is 23.2 Å². The van der Waals surface area contributed by atoms with E-state index in [0.29, 0.717) is 18.4 Å². The zero-order chi connectivity index (χ0) is 9.26. The SMILES string of the molecule is Clc1nc(Cl)c2c(n1)CCOCC2. The molecule has 70 valence electrons. The zero-order valence-electron chi connectivity index (χ0n) is 6.89. The summed E-state index contributed by atoms with van der Waals surface area (Å²) in [5, 5.41) is 0.672. The third-order valence-electron chi connectivity index (χ3n) is 1.99. The molecule has 0 aliphatic carbocycles. The molecule has 0 unspecified atom stereocenters. The summed E-state index contributed by atoms with van der Waals surface area (Å²) in [7, 11) is 0. The average molecular weight is 219 g/mol. The van der Waals surface area contributed by atoms with Gasteiger partial charge in [-0.15, -0.1) is 0 Å². The van der Waals surface area contributed by atoms with Gasteiger partial charge in [0.2, 0.25) is 5.28 Å². The number of fused-ring (bicyclic) bond motifs is 1. The van der Waals surface area contributed by atoms with E-state index < -0.39 is 0 Å². The van der Waals surface area contributed by atoms with Gasteiger partial charge in [-0.05, 0) is 11.6 Å². The second kappa shape index (κ2) is 3.78. The third-order valence-corrected chi connectivity index (χ3v) is 2.48. The standard InChI is InChI=1S/C8H8Cl2N2O/c9-7-5-1-3-13-4-2-6(5)11-8(10)12-7/h1-4H2. The molecule has 0 atom stereocenters. The van der Waals surface area contributed by atoms with Crippen LogP contribution in [-0.2, 0) is 17.6 Å². The van der Waals surface area contributed by atoms with Crippen molar-refractivity contribution >= 4 is 23.2 Å². The quantitative estimate of drug-likeness (QED) is 0.493. The highest BCUT2D eigenvalue weighted by Gasteiger charge is 2.14. The van der Waals surface area contributed by atoms with Gasteiger partial charge in [0.1, 0.15) is 5.15 Å². The molecule has 2 rings (SSSR count). The van der Waals surface area contributed by atoms with Gasteiger partial charge in [-0.3, -0.25) is 0 Å². The second-order valence-electron chi connectivity index (χ2n) is 2.82. The van der Waals surface area contributed by atoms with Crippen LogP contribution < -0.4 is 0 Å². The van der Waals surface area contributed by atoms with Crippen molar-refractivity contribution in [1.82, 2.24) is 9.97 Å². The van der Waals surface area contributed by atoms with E-state index in [1.165, 1.54) is 0 Å². The fourth-order valence-corrected chi connectivity index (χ4v) is 1.88. The summed E-state index contributed by atoms with van der Waals surface area (Å²) in [5.41, 5.74) is 1.89. The molecule has 0 saturated carbocycles. The Hall–Kier alpha value is -0.380. The van der Waals surface area contributed by atoms with Crippen molar-refractivity contribution < 1.29 is 4.74 Å². The lowest BCUT2D eigenvalue weighted by atomic mass is 10.1. The third kappa shape index (κ3) is 1.93. The maximum Gasteiger partial charge on any atom is 0.224 e. The molecule has 0 bridgehead atoms. The summed E-state index contributed by atoms with van der Waals surface area (Å²) >= 11 is 11.6. The van der Waals surface area contributed by atoms with E-state index in [-0.39, 0.29) is 5.28 Å². The molecular formula is C8H8Cl2N2O. The molecule has 1 aliphatic rings. The minimum absolute atomic E-state index is 0.214. The first-order valence-corrected chi connectivity index (χ1v) is 4.81. The molecule has 0 saturated heterocycles. The van der Waals surface area contributed by atoms with Gasteiger partial charge in [-0.2, -0.15) is 0 Å². The van der Waals surface area contributed by atoms with Crippen LogP contribution in [0.25, 0.3) is 0 Å². The monoisotopic (exact) mass is 218 g/mol. The molecule has 0 fully saturated rings. The Bertz CT molecular complexity index is 330. The maximum absolute atomic E-state index is 5.93. The number of hydrogen-bond acceptors (Lipinski definition) is 3. The molecule has 0 spiro atoms. The van der Waals surface area contributed by atoms with Gasteiger partial charge in [-0.1, -0.05) is 11.6 Å². The van der Waals surface area contributed by atoms with Crippen LogP contribution in [0.4, 0.5) is 0 Å². The lowest BCUT2D eigenvalue weighted by Crippen LogP contribution is -2.01. The molecule has 3 nitrogen and oxygen atoms in total. The number of rotatable bonds is 0. The van der Waals surface area contributed by atoms with Crippen molar-refractivity contribution in [3.8, 4) is 0 Å². The summed E-state index contributed by atoms with van der Waals surface area (Å²) in [6.45, 7) is 1.36. The molecule has 1 aromatic rings. The molecule has 1 aliphatic heterocycles. The smallest absolute Gasteiger partial charge is 0.224 e. The summed E-state index contributed by atoms with van der Waals surface area (Å²) in [4.78, 5) is 8.02. The Morgan fingerprint density at radius 3 is 2.69 bits per heavy atom. The summed E-state index contributed by atoms with van der Waals surface area (Å²) in [6.07, 6.45) is 1.53. The molecule has 0 N–H and O–H groups in total. The van der Waals surface area contributed by atoms with Crippen LogP contribution in [0.3, 0.4) is 0 Å². The summed E-state index contributed by atoms with van der Waals surface area (Å²) in [5.74, 6) is 0. The van der Waals surface area contributed by atoms with E-state index in [1.807, 2.05) is 0 Å². The lowest BCUT2D eigenvalue weighted by Gasteiger charge is -2.04. The molecular weight excluding hydrogens is 211 g/mol. The topological polar surface area (TPSA) is 35.0 Å². The van der Waals surface area contributed by atoms with Crippen LogP contribution in [0.1, 0.15) is 11.3 Å². The number of aromatic nitrogens is 2. The van der Waals surface area contributed by atoms with Gasteiger partial charge in [0, 0.05) is 18.4 Å². The normalized spacial score (nSPS) is 16.5. The average Bonchev–Trinajstić information content (AvgIpc) is 2.28. The fourth-order valence-electron chi connectivity index (χ4n) is 1.37. The summed E-state index contributed by atoms with van der Waals surface area (Å²) in [6, 6.07) is 0. The second-order valence-corrected chi connectivity index (χ2v) is 3.52. The Labute approximate surface area is 86.0 Å². The minimum atomic E-state index is 0.214. The van der Waals surface area contributed by atoms with Gasteiger partial charge in [0.15, 0.2) is 0 Å². The van der Waals surface area contributed by atoms with E-state index in [9.17, 15) is 0 Å². The Kier molecular flexibility index (Phi) is 2.67. The van der Waals surface area contributed by atoms with Crippen molar-refractivity contribution in [2.45, 2.75) is 12.8 Å². The lowest BCUT2D eigenvalue weighted by molar-refractivity contribution is 0.146. The molecule has 5 heteroatoms. The molecule has 2 heterocycles. The number of halogens is 2. The predicted molar refractivity (Wildman–Crippen MR) is 50.3 cm³/mol. The minimum Gasteiger partial charge on any atom is -0.381 e. The Morgan fingerprint density at radius 2 is 1.85 bits per heavy atom. The number of nitrogens with zero attached hydrogens (tertiary/aromatic N) is 2. The predicted octanol–water partition coefficient (Wildman–Crippen LogP) is 1.90. The number of ether oxygens (including phenoxy) is 1. The van der Waals surface area contributed by atoms with E-state index in [0.717, 1.165) is 24.1 Å². The van der Waals surface area contributed by atoms with Crippen LogP contribution >= 0.6 is 23.2 Å². The van der Waals surface area contributed by atoms with Gasteiger partial charge in [0.05, 0.1) is 18.9 Å². The molecule has 1 aromatic heterocycles. The van der Waals surface area contributed by atoms with E-state index >= 15 is 0 Å². The van der Waals surface area contributed by atoms with Crippen molar-refractivity contribution in [2.24, 2.45) is 0 Å². The highest BCUT2D eigenvalue weighted by Crippen LogP contribution is 2.21. The first-order valence-electron chi connectivity index (χ1n) is 4.06. The van der Waals surface area contributed by atoms with E-state index in [2.05, 4.69) is 9.97 Å². The van der Waals surface area contributed by atoms with E-state index in [1.54, 1.807) is 0 Å². The Balaban J connectivity index is 2.47. The summed E-state index contributed by atoms with van der Waals surface area (Å²) < 4.78 is 5.30. The largest absolute Gasteiger partial charge is 0.381 e. The highest BCUT2D eigenvalue weighted by molar-refractivity contribution is 6.32. The molecule has 0 radical (unpaired) electrons. The molecule has 0 aromatic carbocycles. The van der Waals surface area contributed by atoms with Crippen LogP contribution in [0.5, 0.6) is 0 Å². The van der Waals surface area contributed by atoms with Crippen LogP contribution in [0.15, 0.2) is 0 Å². The first kappa shape index (κ1) is 9.19. The van der Waals surface area contributed by atoms with Gasteiger partial charge in [0.25, 0.3) is 0 Å². The van der Waals surface area contributed by atoms with Gasteiger partial charge in [-0.25, -0.2) is 9.97 Å². The van der Waals surface area contributed by atoms with Crippen LogP contribution in [0.2, 0.25) is 10.4 Å². The van der Waals surface area contributed by atoms with Crippen molar-refractivity contribution in [1.29, 1.82) is 0 Å². The molecule has 13 heavy (non-hydrogen) atoms. The first-order chi connectivity index (χ1) is 6.27. The maximum atomic E-state index is 5.93. The fraction of sp³-hybridized carbons (Fsp3) is 0.500. The highest BCUT2D eigenvalue weighted by atomic mass is 35.5.